The van der Waals surface area contributed by atoms with Gasteiger partial charge in [0.25, 0.3) is 5.91 Å². The van der Waals surface area contributed by atoms with E-state index in [0.717, 1.165) is 18.8 Å². The van der Waals surface area contributed by atoms with E-state index in [1.54, 1.807) is 7.05 Å². The molecular weight excluding hydrogens is 364 g/mol. The molecule has 28 heavy (non-hydrogen) atoms. The number of amides is 3. The number of guanidine groups is 1. The molecule has 3 heterocycles. The first-order valence-electron chi connectivity index (χ1n) is 9.14. The third kappa shape index (κ3) is 3.10. The highest BCUT2D eigenvalue weighted by molar-refractivity contribution is 6.04. The van der Waals surface area contributed by atoms with E-state index in [9.17, 15) is 19.5 Å². The van der Waals surface area contributed by atoms with Crippen LogP contribution in [-0.4, -0.2) is 95.7 Å². The van der Waals surface area contributed by atoms with Crippen molar-refractivity contribution in [1.82, 2.24) is 20.0 Å². The number of para-hydroxylation sites is 1. The van der Waals surface area contributed by atoms with Crippen LogP contribution in [0, 0.1) is 0 Å². The largest absolute Gasteiger partial charge is 0.480 e. The number of hydrogen-bond donors (Lipinski definition) is 2. The summed E-state index contributed by atoms with van der Waals surface area (Å²) >= 11 is 0. The second-order valence-electron chi connectivity index (χ2n) is 7.02. The number of likely N-dealkylation sites (N-methyl/N-ethyl adjacent to an activating group) is 1. The number of fused-ring (bicyclic) bond motifs is 1. The predicted octanol–water partition coefficient (Wildman–Crippen LogP) is -0.559. The van der Waals surface area contributed by atoms with Gasteiger partial charge < -0.3 is 24.7 Å². The Morgan fingerprint density at radius 2 is 1.79 bits per heavy atom. The number of nitrogens with zero attached hydrogens (tertiary/aromatic N) is 5. The van der Waals surface area contributed by atoms with E-state index in [4.69, 9.17) is 0 Å². The average molecular weight is 386 g/mol. The molecule has 4 rings (SSSR count). The highest BCUT2D eigenvalue weighted by Gasteiger charge is 2.50. The molecule has 1 aromatic carbocycles. The fourth-order valence-electron chi connectivity index (χ4n) is 3.89. The van der Waals surface area contributed by atoms with Gasteiger partial charge in [0.15, 0.2) is 18.2 Å². The number of anilines is 1. The van der Waals surface area contributed by atoms with Crippen LogP contribution >= 0.6 is 0 Å². The Hall–Kier alpha value is -3.30. The molecule has 3 amide bonds. The van der Waals surface area contributed by atoms with Crippen LogP contribution in [-0.2, 0) is 9.59 Å². The van der Waals surface area contributed by atoms with Crippen molar-refractivity contribution in [3.8, 4) is 0 Å². The van der Waals surface area contributed by atoms with Gasteiger partial charge in [-0.1, -0.05) is 18.2 Å². The van der Waals surface area contributed by atoms with Crippen molar-refractivity contribution in [1.29, 1.82) is 0 Å². The standard InChI is InChI=1S/C18H22N6O4/c1-21-15-14(16(27)20-18(21)28)24(11-13(25)26)17(19-15)23-9-7-22(8-10-23)12-5-3-2-4-6-12/h2-6,14-15H,7-11H2,1H3,(H,25,26)(H,20,27,28). The van der Waals surface area contributed by atoms with Gasteiger partial charge in [-0.25, -0.2) is 9.79 Å². The van der Waals surface area contributed by atoms with Crippen LogP contribution < -0.4 is 10.2 Å². The Morgan fingerprint density at radius 3 is 2.43 bits per heavy atom. The molecule has 10 nitrogen and oxygen atoms in total. The topological polar surface area (TPSA) is 109 Å². The van der Waals surface area contributed by atoms with E-state index in [1.807, 2.05) is 23.1 Å². The number of hydrogen-bond acceptors (Lipinski definition) is 7. The van der Waals surface area contributed by atoms with E-state index in [2.05, 4.69) is 27.3 Å². The molecule has 2 N–H and O–H groups in total. The maximum atomic E-state index is 12.4. The fourth-order valence-corrected chi connectivity index (χ4v) is 3.89. The third-order valence-electron chi connectivity index (χ3n) is 5.33. The molecule has 2 saturated heterocycles. The van der Waals surface area contributed by atoms with E-state index in [-0.39, 0.29) is 6.54 Å². The number of rotatable bonds is 3. The number of carbonyl (C=O) groups is 3. The van der Waals surface area contributed by atoms with Gasteiger partial charge in [-0.15, -0.1) is 0 Å². The number of benzene rings is 1. The number of carboxylic acid groups (broad SMARTS) is 1. The Labute approximate surface area is 162 Å². The molecule has 10 heteroatoms. The molecule has 0 aliphatic carbocycles. The van der Waals surface area contributed by atoms with Gasteiger partial charge >= 0.3 is 12.0 Å². The summed E-state index contributed by atoms with van der Waals surface area (Å²) in [5, 5.41) is 11.6. The highest BCUT2D eigenvalue weighted by atomic mass is 16.4. The Balaban J connectivity index is 1.54. The lowest BCUT2D eigenvalue weighted by Gasteiger charge is -2.40. The summed E-state index contributed by atoms with van der Waals surface area (Å²) in [6, 6.07) is 8.71. The molecule has 148 valence electrons. The number of aliphatic imine (C=N–C) groups is 1. The minimum absolute atomic E-state index is 0.353. The zero-order chi connectivity index (χ0) is 19.8. The van der Waals surface area contributed by atoms with Gasteiger partial charge in [-0.3, -0.25) is 14.9 Å². The van der Waals surface area contributed by atoms with Crippen LogP contribution in [0.25, 0.3) is 0 Å². The number of nitrogens with one attached hydrogen (secondary N) is 1. The van der Waals surface area contributed by atoms with Gasteiger partial charge in [0.2, 0.25) is 0 Å². The molecule has 2 atom stereocenters. The number of piperazine rings is 1. The fraction of sp³-hybridized carbons (Fsp3) is 0.444. The zero-order valence-electron chi connectivity index (χ0n) is 15.5. The molecule has 0 aromatic heterocycles. The first-order valence-corrected chi connectivity index (χ1v) is 9.14. The van der Waals surface area contributed by atoms with Crippen LogP contribution in [0.1, 0.15) is 0 Å². The van der Waals surface area contributed by atoms with Gasteiger partial charge in [0.05, 0.1) is 0 Å². The minimum atomic E-state index is -1.05. The first-order chi connectivity index (χ1) is 13.5. The van der Waals surface area contributed by atoms with Crippen molar-refractivity contribution in [2.45, 2.75) is 12.2 Å². The predicted molar refractivity (Wildman–Crippen MR) is 101 cm³/mol. The van der Waals surface area contributed by atoms with E-state index < -0.39 is 30.1 Å². The summed E-state index contributed by atoms with van der Waals surface area (Å²) in [5.74, 6) is -1.11. The van der Waals surface area contributed by atoms with Crippen LogP contribution in [0.3, 0.4) is 0 Å². The van der Waals surface area contributed by atoms with Gasteiger partial charge in [0, 0.05) is 38.9 Å². The summed E-state index contributed by atoms with van der Waals surface area (Å²) in [4.78, 5) is 47.4. The Morgan fingerprint density at radius 1 is 1.14 bits per heavy atom. The summed E-state index contributed by atoms with van der Waals surface area (Å²) in [7, 11) is 1.55. The number of carboxylic acids is 1. The normalized spacial score (nSPS) is 24.8. The smallest absolute Gasteiger partial charge is 0.325 e. The zero-order valence-corrected chi connectivity index (χ0v) is 15.5. The molecule has 2 unspecified atom stereocenters. The van der Waals surface area contributed by atoms with Gasteiger partial charge in [-0.2, -0.15) is 0 Å². The van der Waals surface area contributed by atoms with Crippen molar-refractivity contribution in [2.75, 3.05) is 44.7 Å². The number of imide groups is 1. The Bertz CT molecular complexity index is 821. The summed E-state index contributed by atoms with van der Waals surface area (Å²) < 4.78 is 0. The monoisotopic (exact) mass is 386 g/mol. The first kappa shape index (κ1) is 18.1. The molecular formula is C18H22N6O4. The molecule has 1 aromatic rings. The van der Waals surface area contributed by atoms with Gasteiger partial charge in [0.1, 0.15) is 6.54 Å². The number of urea groups is 1. The minimum Gasteiger partial charge on any atom is -0.480 e. The SMILES string of the molecule is CN1C(=O)NC(=O)C2C1N=C(N1CCN(c3ccccc3)CC1)N2CC(=O)O. The van der Waals surface area contributed by atoms with Crippen molar-refractivity contribution in [3.05, 3.63) is 30.3 Å². The lowest BCUT2D eigenvalue weighted by atomic mass is 10.1. The van der Waals surface area contributed by atoms with Crippen molar-refractivity contribution >= 4 is 29.6 Å². The maximum Gasteiger partial charge on any atom is 0.325 e. The summed E-state index contributed by atoms with van der Waals surface area (Å²) in [5.41, 5.74) is 1.14. The van der Waals surface area contributed by atoms with Crippen LogP contribution in [0.5, 0.6) is 0 Å². The highest BCUT2D eigenvalue weighted by Crippen LogP contribution is 2.26. The molecule has 3 aliphatic heterocycles. The van der Waals surface area contributed by atoms with Crippen molar-refractivity contribution in [3.63, 3.8) is 0 Å². The quantitative estimate of drug-likeness (QED) is 0.717. The van der Waals surface area contributed by atoms with E-state index >= 15 is 0 Å². The third-order valence-corrected chi connectivity index (χ3v) is 5.33. The second-order valence-corrected chi connectivity index (χ2v) is 7.02. The van der Waals surface area contributed by atoms with E-state index in [1.165, 1.54) is 9.80 Å². The maximum absolute atomic E-state index is 12.4. The average Bonchev–Trinajstić information content (AvgIpc) is 3.06. The molecule has 0 saturated carbocycles. The molecule has 0 radical (unpaired) electrons. The Kier molecular flexibility index (Phi) is 4.54. The molecule has 2 fully saturated rings. The molecule has 0 spiro atoms. The lowest BCUT2D eigenvalue weighted by Crippen LogP contribution is -2.65. The summed E-state index contributed by atoms with van der Waals surface area (Å²) in [6.45, 7) is 2.43. The second kappa shape index (κ2) is 7.02. The number of aliphatic carboxylic acids is 1. The number of carbonyl (C=O) groups excluding carboxylic acids is 2. The van der Waals surface area contributed by atoms with E-state index in [0.29, 0.717) is 19.0 Å². The van der Waals surface area contributed by atoms with Crippen LogP contribution in [0.15, 0.2) is 35.3 Å². The molecule has 3 aliphatic rings. The van der Waals surface area contributed by atoms with Crippen molar-refractivity contribution < 1.29 is 19.5 Å². The summed E-state index contributed by atoms with van der Waals surface area (Å²) in [6.07, 6.45) is -0.720. The van der Waals surface area contributed by atoms with Gasteiger partial charge in [-0.05, 0) is 12.1 Å². The van der Waals surface area contributed by atoms with Crippen molar-refractivity contribution in [2.24, 2.45) is 4.99 Å². The lowest BCUT2D eigenvalue weighted by molar-refractivity contribution is -0.138. The van der Waals surface area contributed by atoms with Crippen LogP contribution in [0.4, 0.5) is 10.5 Å². The van der Waals surface area contributed by atoms with Crippen LogP contribution in [0.2, 0.25) is 0 Å². The molecule has 0 bridgehead atoms.